The molecule has 3 rings (SSSR count). The van der Waals surface area contributed by atoms with E-state index in [2.05, 4.69) is 55.2 Å². The SMILES string of the molecule is CCCCCCCOc1ccc(-c2ccc(CCC3CCCC(CCCC)C3)cc2)nc1. The van der Waals surface area contributed by atoms with Crippen LogP contribution in [0.15, 0.2) is 42.6 Å². The van der Waals surface area contributed by atoms with E-state index in [4.69, 9.17) is 4.74 Å². The van der Waals surface area contributed by atoms with E-state index in [1.165, 1.54) is 94.6 Å². The fourth-order valence-corrected chi connectivity index (χ4v) is 5.16. The van der Waals surface area contributed by atoms with E-state index in [-0.39, 0.29) is 0 Å². The fourth-order valence-electron chi connectivity index (χ4n) is 5.16. The molecule has 1 heterocycles. The van der Waals surface area contributed by atoms with E-state index >= 15 is 0 Å². The zero-order valence-corrected chi connectivity index (χ0v) is 20.7. The molecule has 0 saturated heterocycles. The first-order valence-corrected chi connectivity index (χ1v) is 13.5. The van der Waals surface area contributed by atoms with Crippen LogP contribution in [0.25, 0.3) is 11.3 Å². The standard InChI is InChI=1S/C30H45NO/c1-3-5-7-8-9-22-32-29-20-21-30(31-24-29)28-18-16-25(17-19-28)14-15-27-13-10-12-26(23-27)11-6-4-2/h16-21,24,26-27H,3-15,22-23H2,1-2H3. The molecule has 1 saturated carbocycles. The molecule has 1 aromatic heterocycles. The van der Waals surface area contributed by atoms with Gasteiger partial charge in [-0.3, -0.25) is 4.98 Å². The summed E-state index contributed by atoms with van der Waals surface area (Å²) in [6, 6.07) is 13.2. The number of aromatic nitrogens is 1. The first-order valence-electron chi connectivity index (χ1n) is 13.5. The summed E-state index contributed by atoms with van der Waals surface area (Å²) in [6.45, 7) is 5.36. The highest BCUT2D eigenvalue weighted by molar-refractivity contribution is 5.59. The third-order valence-electron chi connectivity index (χ3n) is 7.20. The highest BCUT2D eigenvalue weighted by Gasteiger charge is 2.21. The second-order valence-corrected chi connectivity index (χ2v) is 9.92. The Kier molecular flexibility index (Phi) is 11.1. The van der Waals surface area contributed by atoms with E-state index < -0.39 is 0 Å². The van der Waals surface area contributed by atoms with E-state index in [1.807, 2.05) is 6.20 Å². The van der Waals surface area contributed by atoms with Gasteiger partial charge in [-0.2, -0.15) is 0 Å². The molecule has 0 radical (unpaired) electrons. The summed E-state index contributed by atoms with van der Waals surface area (Å²) in [4.78, 5) is 4.63. The Balaban J connectivity index is 1.41. The molecule has 1 aliphatic carbocycles. The number of unbranched alkanes of at least 4 members (excludes halogenated alkanes) is 5. The molecule has 2 unspecified atom stereocenters. The van der Waals surface area contributed by atoms with Gasteiger partial charge in [-0.25, -0.2) is 0 Å². The molecule has 1 aromatic carbocycles. The quantitative estimate of drug-likeness (QED) is 0.276. The van der Waals surface area contributed by atoms with Crippen molar-refractivity contribution < 1.29 is 4.74 Å². The number of hydrogen-bond donors (Lipinski definition) is 0. The van der Waals surface area contributed by atoms with Gasteiger partial charge < -0.3 is 4.74 Å². The van der Waals surface area contributed by atoms with Crippen molar-refractivity contribution >= 4 is 0 Å². The second-order valence-electron chi connectivity index (χ2n) is 9.92. The predicted octanol–water partition coefficient (Wildman–Crippen LogP) is 9.03. The summed E-state index contributed by atoms with van der Waals surface area (Å²) in [6.07, 6.45) is 20.8. The normalized spacial score (nSPS) is 18.6. The molecule has 0 N–H and O–H groups in total. The molecule has 0 spiro atoms. The second kappa shape index (κ2) is 14.3. The van der Waals surface area contributed by atoms with Gasteiger partial charge in [-0.1, -0.05) is 102 Å². The zero-order chi connectivity index (χ0) is 22.4. The minimum atomic E-state index is 0.791. The first kappa shape index (κ1) is 24.8. The van der Waals surface area contributed by atoms with Crippen molar-refractivity contribution in [1.29, 1.82) is 0 Å². The van der Waals surface area contributed by atoms with Gasteiger partial charge in [0.2, 0.25) is 0 Å². The van der Waals surface area contributed by atoms with Crippen LogP contribution in [-0.4, -0.2) is 11.6 Å². The van der Waals surface area contributed by atoms with Crippen LogP contribution >= 0.6 is 0 Å². The van der Waals surface area contributed by atoms with Crippen LogP contribution in [0.3, 0.4) is 0 Å². The molecule has 2 heteroatoms. The summed E-state index contributed by atoms with van der Waals surface area (Å²) in [7, 11) is 0. The summed E-state index contributed by atoms with van der Waals surface area (Å²) in [5, 5.41) is 0. The molecule has 0 bridgehead atoms. The van der Waals surface area contributed by atoms with Gasteiger partial charge in [0.1, 0.15) is 5.75 Å². The molecule has 1 fully saturated rings. The number of pyridine rings is 1. The molecule has 0 aliphatic heterocycles. The van der Waals surface area contributed by atoms with Gasteiger partial charge in [0, 0.05) is 5.56 Å². The van der Waals surface area contributed by atoms with Crippen LogP contribution in [0.5, 0.6) is 5.75 Å². The molecule has 2 atom stereocenters. The lowest BCUT2D eigenvalue weighted by molar-refractivity contribution is 0.241. The summed E-state index contributed by atoms with van der Waals surface area (Å²) in [5.41, 5.74) is 3.68. The van der Waals surface area contributed by atoms with Gasteiger partial charge in [0.25, 0.3) is 0 Å². The zero-order valence-electron chi connectivity index (χ0n) is 20.7. The Bertz CT molecular complexity index is 736. The van der Waals surface area contributed by atoms with Gasteiger partial charge >= 0.3 is 0 Å². The summed E-state index contributed by atoms with van der Waals surface area (Å²) < 4.78 is 5.85. The lowest BCUT2D eigenvalue weighted by atomic mass is 9.77. The molecule has 32 heavy (non-hydrogen) atoms. The van der Waals surface area contributed by atoms with Crippen LogP contribution in [0.2, 0.25) is 0 Å². The molecular weight excluding hydrogens is 390 g/mol. The fraction of sp³-hybridized carbons (Fsp3) is 0.633. The first-order chi connectivity index (χ1) is 15.8. The highest BCUT2D eigenvalue weighted by Crippen LogP contribution is 2.34. The van der Waals surface area contributed by atoms with Crippen molar-refractivity contribution in [2.75, 3.05) is 6.61 Å². The third kappa shape index (κ3) is 8.60. The highest BCUT2D eigenvalue weighted by atomic mass is 16.5. The molecular formula is C30H45NO. The number of nitrogens with zero attached hydrogens (tertiary/aromatic N) is 1. The average molecular weight is 436 g/mol. The number of ether oxygens (including phenoxy) is 1. The predicted molar refractivity (Wildman–Crippen MR) is 137 cm³/mol. The Morgan fingerprint density at radius 3 is 2.28 bits per heavy atom. The Morgan fingerprint density at radius 2 is 1.56 bits per heavy atom. The van der Waals surface area contributed by atoms with Gasteiger partial charge in [0.05, 0.1) is 18.5 Å². The third-order valence-corrected chi connectivity index (χ3v) is 7.20. The minimum Gasteiger partial charge on any atom is -0.492 e. The van der Waals surface area contributed by atoms with Gasteiger partial charge in [0.15, 0.2) is 0 Å². The Labute approximate surface area is 197 Å². The number of aryl methyl sites for hydroxylation is 1. The van der Waals surface area contributed by atoms with E-state index in [0.29, 0.717) is 0 Å². The van der Waals surface area contributed by atoms with Crippen LogP contribution in [0, 0.1) is 11.8 Å². The summed E-state index contributed by atoms with van der Waals surface area (Å²) in [5.74, 6) is 2.81. The Morgan fingerprint density at radius 1 is 0.812 bits per heavy atom. The van der Waals surface area contributed by atoms with Crippen molar-refractivity contribution in [3.05, 3.63) is 48.2 Å². The smallest absolute Gasteiger partial charge is 0.137 e. The van der Waals surface area contributed by atoms with Crippen LogP contribution < -0.4 is 4.74 Å². The number of rotatable bonds is 14. The molecule has 2 aromatic rings. The topological polar surface area (TPSA) is 22.1 Å². The van der Waals surface area contributed by atoms with Crippen LogP contribution in [0.4, 0.5) is 0 Å². The largest absolute Gasteiger partial charge is 0.492 e. The molecule has 176 valence electrons. The minimum absolute atomic E-state index is 0.791. The van der Waals surface area contributed by atoms with Crippen LogP contribution in [-0.2, 0) is 6.42 Å². The van der Waals surface area contributed by atoms with Crippen molar-refractivity contribution in [1.82, 2.24) is 4.98 Å². The van der Waals surface area contributed by atoms with E-state index in [0.717, 1.165) is 36.3 Å². The van der Waals surface area contributed by atoms with Gasteiger partial charge in [-0.15, -0.1) is 0 Å². The monoisotopic (exact) mass is 435 g/mol. The van der Waals surface area contributed by atoms with Crippen molar-refractivity contribution in [3.8, 4) is 17.0 Å². The van der Waals surface area contributed by atoms with Crippen LogP contribution in [0.1, 0.15) is 103 Å². The van der Waals surface area contributed by atoms with Crippen molar-refractivity contribution in [2.45, 2.75) is 104 Å². The maximum absolute atomic E-state index is 5.85. The number of hydrogen-bond acceptors (Lipinski definition) is 2. The number of benzene rings is 1. The van der Waals surface area contributed by atoms with Gasteiger partial charge in [-0.05, 0) is 55.2 Å². The lowest BCUT2D eigenvalue weighted by Crippen LogP contribution is -2.16. The van der Waals surface area contributed by atoms with E-state index in [1.54, 1.807) is 0 Å². The lowest BCUT2D eigenvalue weighted by Gasteiger charge is -2.29. The molecule has 0 amide bonds. The maximum Gasteiger partial charge on any atom is 0.137 e. The molecule has 1 aliphatic rings. The van der Waals surface area contributed by atoms with Crippen molar-refractivity contribution in [3.63, 3.8) is 0 Å². The molecule has 2 nitrogen and oxygen atoms in total. The maximum atomic E-state index is 5.85. The average Bonchev–Trinajstić information content (AvgIpc) is 2.84. The van der Waals surface area contributed by atoms with E-state index in [9.17, 15) is 0 Å². The van der Waals surface area contributed by atoms with Crippen molar-refractivity contribution in [2.24, 2.45) is 11.8 Å². The summed E-state index contributed by atoms with van der Waals surface area (Å²) >= 11 is 0. The Hall–Kier alpha value is -1.83.